The highest BCUT2D eigenvalue weighted by Gasteiger charge is 2.29. The number of halogens is 1. The Morgan fingerprint density at radius 3 is 3.10 bits per heavy atom. The molecule has 0 aromatic carbocycles. The van der Waals surface area contributed by atoms with Crippen molar-refractivity contribution in [1.29, 1.82) is 0 Å². The molecule has 0 spiro atoms. The maximum atomic E-state index is 10.6. The molecule has 0 amide bonds. The quantitative estimate of drug-likeness (QED) is 0.939. The molecule has 1 N–H and O–H groups in total. The van der Waals surface area contributed by atoms with Crippen molar-refractivity contribution in [2.24, 2.45) is 13.0 Å². The second-order valence-corrected chi connectivity index (χ2v) is 7.14. The zero-order chi connectivity index (χ0) is 14.8. The zero-order valence-corrected chi connectivity index (χ0v) is 13.6. The number of nitrogens with zero attached hydrogens (tertiary/aromatic N) is 3. The Morgan fingerprint density at radius 2 is 2.43 bits per heavy atom. The van der Waals surface area contributed by atoms with E-state index in [1.165, 1.54) is 4.88 Å². The van der Waals surface area contributed by atoms with Crippen LogP contribution in [0.15, 0.2) is 23.8 Å². The van der Waals surface area contributed by atoms with Crippen LogP contribution >= 0.6 is 22.9 Å². The summed E-state index contributed by atoms with van der Waals surface area (Å²) < 4.78 is 1.91. The van der Waals surface area contributed by atoms with E-state index < -0.39 is 6.10 Å². The van der Waals surface area contributed by atoms with Gasteiger partial charge in [0.05, 0.1) is 5.02 Å². The van der Waals surface area contributed by atoms with Crippen LogP contribution in [0.25, 0.3) is 0 Å². The standard InChI is InChI=1S/C15H20ClN3OS/c1-18-6-4-17-15(18)14(20)11-3-2-5-19(8-11)9-13-7-12(16)10-21-13/h4,6-7,10-11,14,20H,2-3,5,8-9H2,1H3/t11-,14-/m1/s1. The number of aliphatic hydroxyl groups is 1. The van der Waals surface area contributed by atoms with Gasteiger partial charge in [-0.15, -0.1) is 11.3 Å². The summed E-state index contributed by atoms with van der Waals surface area (Å²) in [6, 6.07) is 2.03. The molecule has 1 aliphatic rings. The first kappa shape index (κ1) is 15.0. The summed E-state index contributed by atoms with van der Waals surface area (Å²) >= 11 is 7.68. The monoisotopic (exact) mass is 325 g/mol. The van der Waals surface area contributed by atoms with Crippen molar-refractivity contribution in [2.45, 2.75) is 25.5 Å². The predicted octanol–water partition coefficient (Wildman–Crippen LogP) is 3.08. The van der Waals surface area contributed by atoms with E-state index in [9.17, 15) is 5.11 Å². The summed E-state index contributed by atoms with van der Waals surface area (Å²) in [5.74, 6) is 1.01. The van der Waals surface area contributed by atoms with Crippen LogP contribution in [0.5, 0.6) is 0 Å². The Hall–Kier alpha value is -0.880. The number of aromatic nitrogens is 2. The number of hydrogen-bond donors (Lipinski definition) is 1. The summed E-state index contributed by atoms with van der Waals surface area (Å²) in [4.78, 5) is 7.97. The summed E-state index contributed by atoms with van der Waals surface area (Å²) in [5, 5.41) is 13.4. The lowest BCUT2D eigenvalue weighted by molar-refractivity contribution is 0.0408. The molecule has 2 atom stereocenters. The molecule has 0 bridgehead atoms. The number of aliphatic hydroxyl groups excluding tert-OH is 1. The van der Waals surface area contributed by atoms with Gasteiger partial charge in [-0.05, 0) is 25.5 Å². The van der Waals surface area contributed by atoms with Crippen LogP contribution in [-0.2, 0) is 13.6 Å². The minimum absolute atomic E-state index is 0.246. The Balaban J connectivity index is 1.64. The highest BCUT2D eigenvalue weighted by molar-refractivity contribution is 7.10. The molecule has 0 aliphatic carbocycles. The maximum absolute atomic E-state index is 10.6. The van der Waals surface area contributed by atoms with E-state index >= 15 is 0 Å². The number of piperidine rings is 1. The van der Waals surface area contributed by atoms with Crippen LogP contribution in [0.4, 0.5) is 0 Å². The van der Waals surface area contributed by atoms with E-state index in [1.54, 1.807) is 17.5 Å². The molecule has 0 unspecified atom stereocenters. The molecular weight excluding hydrogens is 306 g/mol. The van der Waals surface area contributed by atoms with Gasteiger partial charge < -0.3 is 9.67 Å². The molecule has 114 valence electrons. The normalized spacial score (nSPS) is 21.6. The maximum Gasteiger partial charge on any atom is 0.137 e. The highest BCUT2D eigenvalue weighted by Crippen LogP contribution is 2.30. The van der Waals surface area contributed by atoms with Gasteiger partial charge in [0, 0.05) is 48.7 Å². The average Bonchev–Trinajstić information content (AvgIpc) is 3.07. The number of thiophene rings is 1. The minimum Gasteiger partial charge on any atom is -0.385 e. The molecule has 21 heavy (non-hydrogen) atoms. The summed E-state index contributed by atoms with van der Waals surface area (Å²) in [6.45, 7) is 2.91. The van der Waals surface area contributed by atoms with Gasteiger partial charge in [0.15, 0.2) is 0 Å². The van der Waals surface area contributed by atoms with Crippen molar-refractivity contribution >= 4 is 22.9 Å². The molecule has 3 heterocycles. The van der Waals surface area contributed by atoms with Crippen molar-refractivity contribution in [1.82, 2.24) is 14.5 Å². The molecule has 2 aromatic rings. The molecule has 4 nitrogen and oxygen atoms in total. The van der Waals surface area contributed by atoms with Crippen LogP contribution < -0.4 is 0 Å². The van der Waals surface area contributed by atoms with Gasteiger partial charge >= 0.3 is 0 Å². The fourth-order valence-corrected chi connectivity index (χ4v) is 4.14. The van der Waals surface area contributed by atoms with Crippen LogP contribution in [0.2, 0.25) is 5.02 Å². The number of rotatable bonds is 4. The third kappa shape index (κ3) is 3.48. The fraction of sp³-hybridized carbons (Fsp3) is 0.533. The van der Waals surface area contributed by atoms with E-state index in [4.69, 9.17) is 11.6 Å². The largest absolute Gasteiger partial charge is 0.385 e. The zero-order valence-electron chi connectivity index (χ0n) is 12.1. The molecule has 0 saturated carbocycles. The molecule has 1 aliphatic heterocycles. The van der Waals surface area contributed by atoms with Gasteiger partial charge in [0.2, 0.25) is 0 Å². The summed E-state index contributed by atoms with van der Waals surface area (Å²) in [5.41, 5.74) is 0. The number of imidazole rings is 1. The first-order chi connectivity index (χ1) is 10.1. The lowest BCUT2D eigenvalue weighted by Gasteiger charge is -2.34. The number of likely N-dealkylation sites (tertiary alicyclic amines) is 1. The Morgan fingerprint density at radius 1 is 1.57 bits per heavy atom. The van der Waals surface area contributed by atoms with Crippen molar-refractivity contribution in [3.05, 3.63) is 39.6 Å². The second kappa shape index (κ2) is 6.48. The Labute approximate surface area is 134 Å². The first-order valence-corrected chi connectivity index (χ1v) is 8.50. The number of aryl methyl sites for hydroxylation is 1. The van der Waals surface area contributed by atoms with E-state index in [0.29, 0.717) is 0 Å². The van der Waals surface area contributed by atoms with Gasteiger partial charge in [0.25, 0.3) is 0 Å². The Kier molecular flexibility index (Phi) is 4.64. The van der Waals surface area contributed by atoms with Crippen LogP contribution in [0.1, 0.15) is 29.6 Å². The van der Waals surface area contributed by atoms with E-state index in [2.05, 4.69) is 9.88 Å². The summed E-state index contributed by atoms with van der Waals surface area (Å²) in [7, 11) is 1.93. The van der Waals surface area contributed by atoms with Crippen LogP contribution in [0.3, 0.4) is 0 Å². The van der Waals surface area contributed by atoms with Crippen LogP contribution in [0, 0.1) is 5.92 Å². The molecular formula is C15H20ClN3OS. The van der Waals surface area contributed by atoms with Crippen molar-refractivity contribution in [3.63, 3.8) is 0 Å². The van der Waals surface area contributed by atoms with E-state index in [-0.39, 0.29) is 5.92 Å². The molecule has 3 rings (SSSR count). The molecule has 6 heteroatoms. The molecule has 2 aromatic heterocycles. The lowest BCUT2D eigenvalue weighted by Crippen LogP contribution is -2.37. The van der Waals surface area contributed by atoms with Crippen molar-refractivity contribution in [2.75, 3.05) is 13.1 Å². The van der Waals surface area contributed by atoms with Gasteiger partial charge in [0.1, 0.15) is 11.9 Å². The lowest BCUT2D eigenvalue weighted by atomic mass is 9.92. The number of hydrogen-bond acceptors (Lipinski definition) is 4. The first-order valence-electron chi connectivity index (χ1n) is 7.24. The van der Waals surface area contributed by atoms with E-state index in [1.807, 2.05) is 29.3 Å². The highest BCUT2D eigenvalue weighted by atomic mass is 35.5. The SMILES string of the molecule is Cn1ccnc1[C@H](O)[C@@H]1CCCN(Cc2cc(Cl)cs2)C1. The smallest absolute Gasteiger partial charge is 0.137 e. The average molecular weight is 326 g/mol. The third-order valence-corrected chi connectivity index (χ3v) is 5.38. The second-order valence-electron chi connectivity index (χ2n) is 5.71. The van der Waals surface area contributed by atoms with Gasteiger partial charge in [-0.25, -0.2) is 4.98 Å². The molecule has 0 radical (unpaired) electrons. The third-order valence-electron chi connectivity index (χ3n) is 4.11. The van der Waals surface area contributed by atoms with Gasteiger partial charge in [-0.2, -0.15) is 0 Å². The topological polar surface area (TPSA) is 41.3 Å². The Bertz CT molecular complexity index is 597. The van der Waals surface area contributed by atoms with Crippen molar-refractivity contribution < 1.29 is 5.11 Å². The van der Waals surface area contributed by atoms with Crippen molar-refractivity contribution in [3.8, 4) is 0 Å². The van der Waals surface area contributed by atoms with Gasteiger partial charge in [-0.1, -0.05) is 11.6 Å². The molecule has 1 fully saturated rings. The fourth-order valence-electron chi connectivity index (χ4n) is 3.02. The van der Waals surface area contributed by atoms with E-state index in [0.717, 1.165) is 43.3 Å². The van der Waals surface area contributed by atoms with Gasteiger partial charge in [-0.3, -0.25) is 4.90 Å². The van der Waals surface area contributed by atoms with Crippen LogP contribution in [-0.4, -0.2) is 32.6 Å². The molecule has 1 saturated heterocycles. The predicted molar refractivity (Wildman–Crippen MR) is 85.5 cm³/mol. The summed E-state index contributed by atoms with van der Waals surface area (Å²) in [6.07, 6.45) is 5.31. The minimum atomic E-state index is -0.486.